The Balaban J connectivity index is 2.08. The van der Waals surface area contributed by atoms with Crippen LogP contribution in [0.15, 0.2) is 34.9 Å². The van der Waals surface area contributed by atoms with Crippen LogP contribution in [0.5, 0.6) is 0 Å². The summed E-state index contributed by atoms with van der Waals surface area (Å²) >= 11 is 0. The van der Waals surface area contributed by atoms with Gasteiger partial charge in [0.2, 0.25) is 0 Å². The molecule has 88 valence electrons. The number of aromatic nitrogens is 1. The van der Waals surface area contributed by atoms with E-state index in [-0.39, 0.29) is 5.91 Å². The van der Waals surface area contributed by atoms with E-state index in [2.05, 4.69) is 10.3 Å². The molecule has 0 aliphatic heterocycles. The molecule has 3 N–H and O–H groups in total. The molecule has 17 heavy (non-hydrogen) atoms. The molecule has 2 aromatic heterocycles. The lowest BCUT2D eigenvalue weighted by Gasteiger charge is -2.02. The zero-order valence-electron chi connectivity index (χ0n) is 9.43. The number of carbonyl (C=O) groups excluding carboxylic acids is 1. The van der Waals surface area contributed by atoms with Gasteiger partial charge in [0.05, 0.1) is 11.9 Å². The van der Waals surface area contributed by atoms with Gasteiger partial charge in [0.15, 0.2) is 5.76 Å². The monoisotopic (exact) mass is 231 g/mol. The SMILES string of the molecule is CCc1ccc(C(=O)Nc2ccc(N)nc2)o1. The first kappa shape index (κ1) is 11.2. The van der Waals surface area contributed by atoms with Gasteiger partial charge < -0.3 is 15.5 Å². The highest BCUT2D eigenvalue weighted by Crippen LogP contribution is 2.12. The lowest BCUT2D eigenvalue weighted by molar-refractivity contribution is 0.0995. The van der Waals surface area contributed by atoms with E-state index < -0.39 is 0 Å². The Kier molecular flexibility index (Phi) is 3.09. The second kappa shape index (κ2) is 4.69. The predicted molar refractivity (Wildman–Crippen MR) is 64.7 cm³/mol. The van der Waals surface area contributed by atoms with Gasteiger partial charge in [0.1, 0.15) is 11.6 Å². The van der Waals surface area contributed by atoms with Gasteiger partial charge >= 0.3 is 0 Å². The third-order valence-corrected chi connectivity index (χ3v) is 2.28. The minimum Gasteiger partial charge on any atom is -0.456 e. The second-order valence-corrected chi connectivity index (χ2v) is 3.55. The molecule has 5 heteroatoms. The summed E-state index contributed by atoms with van der Waals surface area (Å²) in [7, 11) is 0. The number of nitrogen functional groups attached to an aromatic ring is 1. The molecule has 0 atom stereocenters. The van der Waals surface area contributed by atoms with Crippen LogP contribution >= 0.6 is 0 Å². The molecule has 0 aliphatic carbocycles. The first-order chi connectivity index (χ1) is 8.19. The Morgan fingerprint density at radius 3 is 2.82 bits per heavy atom. The Hall–Kier alpha value is -2.30. The summed E-state index contributed by atoms with van der Waals surface area (Å²) < 4.78 is 5.33. The summed E-state index contributed by atoms with van der Waals surface area (Å²) in [6.45, 7) is 1.96. The van der Waals surface area contributed by atoms with Crippen molar-refractivity contribution in [1.29, 1.82) is 0 Å². The van der Waals surface area contributed by atoms with Crippen molar-refractivity contribution in [2.45, 2.75) is 13.3 Å². The van der Waals surface area contributed by atoms with E-state index in [1.54, 1.807) is 24.3 Å². The molecule has 0 unspecified atom stereocenters. The molecule has 2 heterocycles. The molecular weight excluding hydrogens is 218 g/mol. The summed E-state index contributed by atoms with van der Waals surface area (Å²) in [4.78, 5) is 15.6. The molecule has 5 nitrogen and oxygen atoms in total. The molecule has 1 amide bonds. The van der Waals surface area contributed by atoms with E-state index in [0.29, 0.717) is 17.3 Å². The number of hydrogen-bond acceptors (Lipinski definition) is 4. The summed E-state index contributed by atoms with van der Waals surface area (Å²) in [5, 5.41) is 2.67. The van der Waals surface area contributed by atoms with E-state index in [9.17, 15) is 4.79 Å². The number of anilines is 2. The molecule has 0 aromatic carbocycles. The van der Waals surface area contributed by atoms with Crippen LogP contribution in [0, 0.1) is 0 Å². The molecule has 2 rings (SSSR count). The Morgan fingerprint density at radius 2 is 2.24 bits per heavy atom. The summed E-state index contributed by atoms with van der Waals surface area (Å²) in [5.41, 5.74) is 6.03. The summed E-state index contributed by atoms with van der Waals surface area (Å²) in [6, 6.07) is 6.74. The van der Waals surface area contributed by atoms with E-state index >= 15 is 0 Å². The Bertz CT molecular complexity index is 517. The largest absolute Gasteiger partial charge is 0.456 e. The number of nitrogens with zero attached hydrogens (tertiary/aromatic N) is 1. The normalized spacial score (nSPS) is 10.2. The lowest BCUT2D eigenvalue weighted by atomic mass is 10.3. The van der Waals surface area contributed by atoms with E-state index in [1.165, 1.54) is 6.20 Å². The van der Waals surface area contributed by atoms with Gasteiger partial charge in [-0.2, -0.15) is 0 Å². The second-order valence-electron chi connectivity index (χ2n) is 3.55. The fourth-order valence-electron chi connectivity index (χ4n) is 1.36. The number of pyridine rings is 1. The maximum atomic E-state index is 11.8. The van der Waals surface area contributed by atoms with Crippen LogP contribution in [0.3, 0.4) is 0 Å². The molecule has 2 aromatic rings. The number of amides is 1. The summed E-state index contributed by atoms with van der Waals surface area (Å²) in [5.74, 6) is 1.19. The molecule has 0 saturated heterocycles. The molecule has 0 fully saturated rings. The van der Waals surface area contributed by atoms with Crippen molar-refractivity contribution in [3.8, 4) is 0 Å². The van der Waals surface area contributed by atoms with Gasteiger partial charge in [-0.25, -0.2) is 4.98 Å². The van der Waals surface area contributed by atoms with Crippen LogP contribution in [0.1, 0.15) is 23.2 Å². The average molecular weight is 231 g/mol. The molecule has 0 aliphatic rings. The van der Waals surface area contributed by atoms with Crippen molar-refractivity contribution in [2.75, 3.05) is 11.1 Å². The highest BCUT2D eigenvalue weighted by atomic mass is 16.3. The predicted octanol–water partition coefficient (Wildman–Crippen LogP) is 2.07. The van der Waals surface area contributed by atoms with Gasteiger partial charge in [-0.3, -0.25) is 4.79 Å². The van der Waals surface area contributed by atoms with Gasteiger partial charge in [0, 0.05) is 6.42 Å². The minimum absolute atomic E-state index is 0.290. The third kappa shape index (κ3) is 2.63. The zero-order chi connectivity index (χ0) is 12.3. The Labute approximate surface area is 98.6 Å². The van der Waals surface area contributed by atoms with Crippen LogP contribution < -0.4 is 11.1 Å². The molecular formula is C12H13N3O2. The number of carbonyl (C=O) groups is 1. The fourth-order valence-corrected chi connectivity index (χ4v) is 1.36. The van der Waals surface area contributed by atoms with Crippen LogP contribution in [0.25, 0.3) is 0 Å². The van der Waals surface area contributed by atoms with Crippen molar-refractivity contribution in [3.63, 3.8) is 0 Å². The zero-order valence-corrected chi connectivity index (χ0v) is 9.43. The molecule has 0 spiro atoms. The van der Waals surface area contributed by atoms with Crippen LogP contribution in [-0.2, 0) is 6.42 Å². The van der Waals surface area contributed by atoms with Crippen molar-refractivity contribution in [2.24, 2.45) is 0 Å². The van der Waals surface area contributed by atoms with E-state index in [0.717, 1.165) is 12.2 Å². The van der Waals surface area contributed by atoms with Gasteiger partial charge in [-0.05, 0) is 24.3 Å². The van der Waals surface area contributed by atoms with Crippen molar-refractivity contribution in [1.82, 2.24) is 4.98 Å². The summed E-state index contributed by atoms with van der Waals surface area (Å²) in [6.07, 6.45) is 2.26. The maximum Gasteiger partial charge on any atom is 0.291 e. The lowest BCUT2D eigenvalue weighted by Crippen LogP contribution is -2.11. The van der Waals surface area contributed by atoms with Crippen molar-refractivity contribution >= 4 is 17.4 Å². The van der Waals surface area contributed by atoms with Gasteiger partial charge in [0.25, 0.3) is 5.91 Å². The molecule has 0 radical (unpaired) electrons. The molecule has 0 saturated carbocycles. The first-order valence-corrected chi connectivity index (χ1v) is 5.30. The van der Waals surface area contributed by atoms with Gasteiger partial charge in [-0.1, -0.05) is 6.92 Å². The highest BCUT2D eigenvalue weighted by Gasteiger charge is 2.10. The van der Waals surface area contributed by atoms with Gasteiger partial charge in [-0.15, -0.1) is 0 Å². The average Bonchev–Trinajstić information content (AvgIpc) is 2.81. The van der Waals surface area contributed by atoms with Crippen LogP contribution in [0.4, 0.5) is 11.5 Å². The minimum atomic E-state index is -0.295. The smallest absolute Gasteiger partial charge is 0.291 e. The Morgan fingerprint density at radius 1 is 1.41 bits per heavy atom. The van der Waals surface area contributed by atoms with E-state index in [1.807, 2.05) is 6.92 Å². The van der Waals surface area contributed by atoms with Crippen molar-refractivity contribution < 1.29 is 9.21 Å². The number of nitrogens with two attached hydrogens (primary N) is 1. The number of nitrogens with one attached hydrogen (secondary N) is 1. The van der Waals surface area contributed by atoms with Crippen LogP contribution in [-0.4, -0.2) is 10.9 Å². The number of furan rings is 1. The number of aryl methyl sites for hydroxylation is 1. The fraction of sp³-hybridized carbons (Fsp3) is 0.167. The number of hydrogen-bond donors (Lipinski definition) is 2. The number of rotatable bonds is 3. The maximum absolute atomic E-state index is 11.8. The third-order valence-electron chi connectivity index (χ3n) is 2.28. The standard InChI is InChI=1S/C12H13N3O2/c1-2-9-4-5-10(17-9)12(16)15-8-3-6-11(13)14-7-8/h3-7H,2H2,1H3,(H2,13,14)(H,15,16). The van der Waals surface area contributed by atoms with Crippen LogP contribution in [0.2, 0.25) is 0 Å². The first-order valence-electron chi connectivity index (χ1n) is 5.30. The van der Waals surface area contributed by atoms with Crippen molar-refractivity contribution in [3.05, 3.63) is 42.0 Å². The molecule has 0 bridgehead atoms. The highest BCUT2D eigenvalue weighted by molar-refractivity contribution is 6.02. The quantitative estimate of drug-likeness (QED) is 0.847. The topological polar surface area (TPSA) is 81.2 Å². The van der Waals surface area contributed by atoms with E-state index in [4.69, 9.17) is 10.2 Å².